The van der Waals surface area contributed by atoms with E-state index in [4.69, 9.17) is 9.31 Å². The molecule has 1 aliphatic heterocycles. The van der Waals surface area contributed by atoms with Crippen molar-refractivity contribution in [3.8, 4) is 0 Å². The smallest absolute Gasteiger partial charge is 0.402 e. The summed E-state index contributed by atoms with van der Waals surface area (Å²) < 4.78 is 12.4. The first-order valence-electron chi connectivity index (χ1n) is 8.57. The molecule has 0 N–H and O–H groups in total. The fraction of sp³-hybridized carbons (Fsp3) is 0.400. The molecule has 0 unspecified atom stereocenters. The summed E-state index contributed by atoms with van der Waals surface area (Å²) in [6, 6.07) is 20.9. The standard InChI is InChI=1S/C20H26BNO2/c1-19(2)20(3,4)24-21(23-19)16-22(18-13-9-6-10-14-18)15-17-11-7-5-8-12-17/h5-14H,15-16H2,1-4H3. The fourth-order valence-electron chi connectivity index (χ4n) is 2.92. The van der Waals surface area contributed by atoms with Gasteiger partial charge in [0.25, 0.3) is 0 Å². The zero-order valence-corrected chi connectivity index (χ0v) is 15.0. The zero-order chi connectivity index (χ0) is 17.2. The third-order valence-corrected chi connectivity index (χ3v) is 5.01. The van der Waals surface area contributed by atoms with Gasteiger partial charge in [0.05, 0.1) is 17.6 Å². The predicted octanol–water partition coefficient (Wildman–Crippen LogP) is 4.32. The molecule has 0 aliphatic carbocycles. The van der Waals surface area contributed by atoms with Crippen LogP contribution in [0.4, 0.5) is 5.69 Å². The number of benzene rings is 2. The summed E-state index contributed by atoms with van der Waals surface area (Å²) in [6.07, 6.45) is 0.700. The van der Waals surface area contributed by atoms with Crippen LogP contribution in [0, 0.1) is 0 Å². The Bertz CT molecular complexity index is 642. The minimum atomic E-state index is -0.299. The van der Waals surface area contributed by atoms with Crippen LogP contribution in [0.25, 0.3) is 0 Å². The maximum Gasteiger partial charge on any atom is 0.478 e. The molecule has 24 heavy (non-hydrogen) atoms. The predicted molar refractivity (Wildman–Crippen MR) is 100 cm³/mol. The third kappa shape index (κ3) is 3.65. The van der Waals surface area contributed by atoms with Crippen molar-refractivity contribution >= 4 is 12.8 Å². The van der Waals surface area contributed by atoms with Crippen LogP contribution < -0.4 is 4.90 Å². The van der Waals surface area contributed by atoms with Crippen LogP contribution in [0.3, 0.4) is 0 Å². The number of hydrogen-bond acceptors (Lipinski definition) is 3. The maximum absolute atomic E-state index is 6.19. The van der Waals surface area contributed by atoms with E-state index >= 15 is 0 Å². The molecule has 1 aliphatic rings. The summed E-state index contributed by atoms with van der Waals surface area (Å²) in [6.45, 7) is 9.21. The Balaban J connectivity index is 1.79. The SMILES string of the molecule is CC1(C)OB(CN(Cc2ccccc2)c2ccccc2)OC1(C)C. The molecule has 0 amide bonds. The van der Waals surface area contributed by atoms with Gasteiger partial charge in [0, 0.05) is 12.2 Å². The Hall–Kier alpha value is -1.78. The Morgan fingerprint density at radius 1 is 0.792 bits per heavy atom. The molecule has 0 aromatic heterocycles. The van der Waals surface area contributed by atoms with E-state index in [1.165, 1.54) is 11.3 Å². The fourth-order valence-corrected chi connectivity index (χ4v) is 2.92. The van der Waals surface area contributed by atoms with Crippen molar-refractivity contribution < 1.29 is 9.31 Å². The van der Waals surface area contributed by atoms with Crippen molar-refractivity contribution in [2.75, 3.05) is 11.3 Å². The first kappa shape index (κ1) is 17.1. The minimum Gasteiger partial charge on any atom is -0.402 e. The highest BCUT2D eigenvalue weighted by molar-refractivity contribution is 6.46. The molecule has 3 nitrogen and oxygen atoms in total. The van der Waals surface area contributed by atoms with Crippen LogP contribution in [0.1, 0.15) is 33.3 Å². The molecule has 0 bridgehead atoms. The highest BCUT2D eigenvalue weighted by Crippen LogP contribution is 2.37. The summed E-state index contributed by atoms with van der Waals surface area (Å²) in [4.78, 5) is 2.32. The Morgan fingerprint density at radius 3 is 1.83 bits per heavy atom. The van der Waals surface area contributed by atoms with Gasteiger partial charge in [-0.25, -0.2) is 0 Å². The van der Waals surface area contributed by atoms with Gasteiger partial charge in [0.15, 0.2) is 0 Å². The lowest BCUT2D eigenvalue weighted by atomic mass is 9.89. The Morgan fingerprint density at radius 2 is 1.29 bits per heavy atom. The average molecular weight is 323 g/mol. The van der Waals surface area contributed by atoms with Crippen LogP contribution in [-0.4, -0.2) is 24.8 Å². The topological polar surface area (TPSA) is 21.7 Å². The molecule has 4 heteroatoms. The van der Waals surface area contributed by atoms with Crippen molar-refractivity contribution in [3.63, 3.8) is 0 Å². The normalized spacial score (nSPS) is 18.6. The molecular formula is C20H26BNO2. The zero-order valence-electron chi connectivity index (χ0n) is 15.0. The third-order valence-electron chi connectivity index (χ3n) is 5.01. The van der Waals surface area contributed by atoms with Gasteiger partial charge in [0.2, 0.25) is 0 Å². The van der Waals surface area contributed by atoms with Gasteiger partial charge in [0.1, 0.15) is 0 Å². The Kier molecular flexibility index (Phi) is 4.70. The van der Waals surface area contributed by atoms with E-state index in [0.717, 1.165) is 6.54 Å². The molecular weight excluding hydrogens is 297 g/mol. The van der Waals surface area contributed by atoms with Gasteiger partial charge in [-0.15, -0.1) is 0 Å². The lowest BCUT2D eigenvalue weighted by molar-refractivity contribution is 0.00578. The molecule has 126 valence electrons. The lowest BCUT2D eigenvalue weighted by Gasteiger charge is -2.32. The number of rotatable bonds is 5. The van der Waals surface area contributed by atoms with Gasteiger partial charge in [-0.3, -0.25) is 0 Å². The molecule has 0 atom stereocenters. The van der Waals surface area contributed by atoms with Crippen LogP contribution in [-0.2, 0) is 15.9 Å². The van der Waals surface area contributed by atoms with Gasteiger partial charge >= 0.3 is 7.12 Å². The van der Waals surface area contributed by atoms with E-state index in [1.54, 1.807) is 0 Å². The van der Waals surface area contributed by atoms with Gasteiger partial charge in [-0.1, -0.05) is 48.5 Å². The van der Waals surface area contributed by atoms with E-state index < -0.39 is 0 Å². The first-order chi connectivity index (χ1) is 11.4. The minimum absolute atomic E-state index is 0.237. The van der Waals surface area contributed by atoms with Gasteiger partial charge < -0.3 is 14.2 Å². The lowest BCUT2D eigenvalue weighted by Crippen LogP contribution is -2.41. The number of para-hydroxylation sites is 1. The van der Waals surface area contributed by atoms with Crippen LogP contribution in [0.5, 0.6) is 0 Å². The molecule has 1 heterocycles. The highest BCUT2D eigenvalue weighted by Gasteiger charge is 2.51. The van der Waals surface area contributed by atoms with E-state index in [0.29, 0.717) is 6.44 Å². The largest absolute Gasteiger partial charge is 0.478 e. The molecule has 1 fully saturated rings. The van der Waals surface area contributed by atoms with Crippen LogP contribution in [0.15, 0.2) is 60.7 Å². The second kappa shape index (κ2) is 6.62. The second-order valence-electron chi connectivity index (χ2n) is 7.39. The maximum atomic E-state index is 6.19. The van der Waals surface area contributed by atoms with Crippen molar-refractivity contribution in [2.45, 2.75) is 45.4 Å². The molecule has 1 saturated heterocycles. The van der Waals surface area contributed by atoms with E-state index in [9.17, 15) is 0 Å². The van der Waals surface area contributed by atoms with Crippen molar-refractivity contribution in [3.05, 3.63) is 66.2 Å². The quantitative estimate of drug-likeness (QED) is 0.765. The number of anilines is 1. The Labute approximate surface area is 145 Å². The summed E-state index contributed by atoms with van der Waals surface area (Å²) in [5.41, 5.74) is 1.86. The number of hydrogen-bond donors (Lipinski definition) is 0. The van der Waals surface area contributed by atoms with Gasteiger partial charge in [-0.05, 0) is 45.4 Å². The van der Waals surface area contributed by atoms with Crippen molar-refractivity contribution in [2.24, 2.45) is 0 Å². The second-order valence-corrected chi connectivity index (χ2v) is 7.39. The summed E-state index contributed by atoms with van der Waals surface area (Å²) in [5.74, 6) is 0. The summed E-state index contributed by atoms with van der Waals surface area (Å²) >= 11 is 0. The van der Waals surface area contributed by atoms with E-state index in [2.05, 4.69) is 81.1 Å². The van der Waals surface area contributed by atoms with Gasteiger partial charge in [-0.2, -0.15) is 0 Å². The monoisotopic (exact) mass is 323 g/mol. The van der Waals surface area contributed by atoms with Crippen LogP contribution in [0.2, 0.25) is 0 Å². The summed E-state index contributed by atoms with van der Waals surface area (Å²) in [5, 5.41) is 0. The molecule has 0 spiro atoms. The van der Waals surface area contributed by atoms with Crippen molar-refractivity contribution in [1.82, 2.24) is 0 Å². The molecule has 2 aromatic carbocycles. The van der Waals surface area contributed by atoms with Crippen LogP contribution >= 0.6 is 0 Å². The average Bonchev–Trinajstić information content (AvgIpc) is 2.75. The highest BCUT2D eigenvalue weighted by atomic mass is 16.7. The molecule has 0 radical (unpaired) electrons. The van der Waals surface area contributed by atoms with E-state index in [-0.39, 0.29) is 18.3 Å². The number of nitrogens with zero attached hydrogens (tertiary/aromatic N) is 1. The molecule has 2 aromatic rings. The summed E-state index contributed by atoms with van der Waals surface area (Å²) in [7, 11) is -0.237. The first-order valence-corrected chi connectivity index (χ1v) is 8.57. The van der Waals surface area contributed by atoms with E-state index in [1.807, 2.05) is 12.1 Å². The molecule has 0 saturated carbocycles. The van der Waals surface area contributed by atoms with Crippen molar-refractivity contribution in [1.29, 1.82) is 0 Å². The molecule has 3 rings (SSSR count).